The van der Waals surface area contributed by atoms with Crippen molar-refractivity contribution in [3.8, 4) is 22.9 Å². The maximum Gasteiger partial charge on any atom is 0.248 e. The first-order valence-corrected chi connectivity index (χ1v) is 10.9. The van der Waals surface area contributed by atoms with Gasteiger partial charge in [-0.15, -0.1) is 10.2 Å². The van der Waals surface area contributed by atoms with Crippen molar-refractivity contribution in [2.24, 2.45) is 0 Å². The standard InChI is InChI=1S/C26H25N3O3/c30-31-18-19-6-8-22(9-7-19)25-27-28-26(32-25)23-10-12-24(13-11-23)29-16-14-21(15-17-29)20-4-2-1-3-5-20/h1-13,21,30H,14-18H2. The Bertz CT molecular complexity index is 1130. The number of anilines is 1. The third-order valence-corrected chi connectivity index (χ3v) is 6.10. The van der Waals surface area contributed by atoms with Gasteiger partial charge in [0.1, 0.15) is 6.61 Å². The molecule has 3 aromatic carbocycles. The number of hydrogen-bond donors (Lipinski definition) is 1. The van der Waals surface area contributed by atoms with Crippen LogP contribution >= 0.6 is 0 Å². The van der Waals surface area contributed by atoms with Crippen LogP contribution in [-0.4, -0.2) is 28.5 Å². The Balaban J connectivity index is 1.24. The molecule has 1 fully saturated rings. The minimum absolute atomic E-state index is 0.144. The molecule has 0 radical (unpaired) electrons. The molecule has 1 aliphatic rings. The van der Waals surface area contributed by atoms with Crippen LogP contribution in [0.1, 0.15) is 29.9 Å². The van der Waals surface area contributed by atoms with E-state index in [9.17, 15) is 0 Å². The van der Waals surface area contributed by atoms with Gasteiger partial charge in [0.15, 0.2) is 0 Å². The summed E-state index contributed by atoms with van der Waals surface area (Å²) in [7, 11) is 0. The van der Waals surface area contributed by atoms with Gasteiger partial charge in [-0.3, -0.25) is 5.26 Å². The summed E-state index contributed by atoms with van der Waals surface area (Å²) in [6, 6.07) is 26.6. The van der Waals surface area contributed by atoms with Crippen LogP contribution in [0.25, 0.3) is 22.9 Å². The summed E-state index contributed by atoms with van der Waals surface area (Å²) in [5.41, 5.74) is 5.26. The SMILES string of the molecule is OOCc1ccc(-c2nnc(-c3ccc(N4CCC(c5ccccc5)CC4)cc3)o2)cc1. The zero-order valence-electron chi connectivity index (χ0n) is 17.7. The first-order valence-electron chi connectivity index (χ1n) is 10.9. The molecule has 32 heavy (non-hydrogen) atoms. The summed E-state index contributed by atoms with van der Waals surface area (Å²) in [6.07, 6.45) is 2.34. The Morgan fingerprint density at radius 2 is 1.41 bits per heavy atom. The monoisotopic (exact) mass is 427 g/mol. The Morgan fingerprint density at radius 3 is 2.00 bits per heavy atom. The summed E-state index contributed by atoms with van der Waals surface area (Å²) in [5, 5.41) is 16.9. The molecule has 162 valence electrons. The number of nitrogens with zero attached hydrogens (tertiary/aromatic N) is 3. The lowest BCUT2D eigenvalue weighted by molar-refractivity contribution is -0.253. The minimum Gasteiger partial charge on any atom is -0.416 e. The average molecular weight is 428 g/mol. The lowest BCUT2D eigenvalue weighted by Crippen LogP contribution is -2.32. The molecule has 6 nitrogen and oxygen atoms in total. The summed E-state index contributed by atoms with van der Waals surface area (Å²) >= 11 is 0. The van der Waals surface area contributed by atoms with Gasteiger partial charge in [0, 0.05) is 29.9 Å². The molecule has 4 aromatic rings. The molecule has 0 saturated carbocycles. The van der Waals surface area contributed by atoms with Crippen LogP contribution in [0.15, 0.2) is 83.3 Å². The van der Waals surface area contributed by atoms with Gasteiger partial charge < -0.3 is 9.32 Å². The van der Waals surface area contributed by atoms with Crippen molar-refractivity contribution in [1.29, 1.82) is 0 Å². The van der Waals surface area contributed by atoms with Crippen molar-refractivity contribution >= 4 is 5.69 Å². The fraction of sp³-hybridized carbons (Fsp3) is 0.231. The molecule has 0 aliphatic carbocycles. The van der Waals surface area contributed by atoms with E-state index in [-0.39, 0.29) is 6.61 Å². The molecule has 1 aliphatic heterocycles. The molecule has 1 N–H and O–H groups in total. The normalized spacial score (nSPS) is 14.6. The van der Waals surface area contributed by atoms with Crippen molar-refractivity contribution in [3.63, 3.8) is 0 Å². The van der Waals surface area contributed by atoms with E-state index in [0.717, 1.165) is 29.8 Å². The number of aromatic nitrogens is 2. The molecule has 1 aromatic heterocycles. The first kappa shape index (κ1) is 20.4. The van der Waals surface area contributed by atoms with Gasteiger partial charge in [0.2, 0.25) is 11.8 Å². The summed E-state index contributed by atoms with van der Waals surface area (Å²) in [4.78, 5) is 6.60. The molecular formula is C26H25N3O3. The zero-order chi connectivity index (χ0) is 21.8. The molecule has 0 unspecified atom stereocenters. The van der Waals surface area contributed by atoms with E-state index in [1.54, 1.807) is 0 Å². The molecule has 0 amide bonds. The Hall–Kier alpha value is -3.48. The molecule has 6 heteroatoms. The van der Waals surface area contributed by atoms with Crippen LogP contribution in [-0.2, 0) is 11.5 Å². The van der Waals surface area contributed by atoms with Crippen LogP contribution in [0.2, 0.25) is 0 Å². The zero-order valence-corrected chi connectivity index (χ0v) is 17.7. The van der Waals surface area contributed by atoms with Crippen molar-refractivity contribution in [2.45, 2.75) is 25.4 Å². The van der Waals surface area contributed by atoms with Gasteiger partial charge in [-0.2, -0.15) is 0 Å². The molecule has 0 spiro atoms. The van der Waals surface area contributed by atoms with E-state index in [0.29, 0.717) is 17.7 Å². The lowest BCUT2D eigenvalue weighted by Gasteiger charge is -2.34. The average Bonchev–Trinajstić information content (AvgIpc) is 3.36. The molecule has 2 heterocycles. The van der Waals surface area contributed by atoms with E-state index in [2.05, 4.69) is 62.4 Å². The van der Waals surface area contributed by atoms with Crippen LogP contribution in [0.4, 0.5) is 5.69 Å². The summed E-state index contributed by atoms with van der Waals surface area (Å²) < 4.78 is 5.89. The summed E-state index contributed by atoms with van der Waals surface area (Å²) in [5.74, 6) is 1.61. The minimum atomic E-state index is 0.144. The third-order valence-electron chi connectivity index (χ3n) is 6.10. The smallest absolute Gasteiger partial charge is 0.248 e. The van der Waals surface area contributed by atoms with Crippen LogP contribution < -0.4 is 4.90 Å². The van der Waals surface area contributed by atoms with Crippen molar-refractivity contribution in [2.75, 3.05) is 18.0 Å². The molecule has 5 rings (SSSR count). The highest BCUT2D eigenvalue weighted by Gasteiger charge is 2.21. The highest BCUT2D eigenvalue weighted by molar-refractivity contribution is 5.61. The van der Waals surface area contributed by atoms with E-state index >= 15 is 0 Å². The molecular weight excluding hydrogens is 402 g/mol. The fourth-order valence-electron chi connectivity index (χ4n) is 4.29. The second kappa shape index (κ2) is 9.34. The number of piperidine rings is 1. The van der Waals surface area contributed by atoms with Crippen molar-refractivity contribution < 1.29 is 14.6 Å². The summed E-state index contributed by atoms with van der Waals surface area (Å²) in [6.45, 7) is 2.26. The number of rotatable bonds is 6. The second-order valence-electron chi connectivity index (χ2n) is 8.10. The lowest BCUT2D eigenvalue weighted by atomic mass is 9.89. The second-order valence-corrected chi connectivity index (χ2v) is 8.10. The van der Waals surface area contributed by atoms with Gasteiger partial charge >= 0.3 is 0 Å². The molecule has 0 atom stereocenters. The van der Waals surface area contributed by atoms with Gasteiger partial charge in [-0.1, -0.05) is 42.5 Å². The maximum atomic E-state index is 8.55. The first-order chi connectivity index (χ1) is 15.8. The van der Waals surface area contributed by atoms with Crippen molar-refractivity contribution in [1.82, 2.24) is 10.2 Å². The van der Waals surface area contributed by atoms with E-state index < -0.39 is 0 Å². The molecule has 1 saturated heterocycles. The largest absolute Gasteiger partial charge is 0.416 e. The van der Waals surface area contributed by atoms with Crippen LogP contribution in [0, 0.1) is 0 Å². The van der Waals surface area contributed by atoms with E-state index in [1.165, 1.54) is 24.1 Å². The highest BCUT2D eigenvalue weighted by atomic mass is 17.1. The predicted octanol–water partition coefficient (Wildman–Crippen LogP) is 5.78. The van der Waals surface area contributed by atoms with Crippen molar-refractivity contribution in [3.05, 3.63) is 90.0 Å². The predicted molar refractivity (Wildman–Crippen MR) is 123 cm³/mol. The molecule has 0 bridgehead atoms. The topological polar surface area (TPSA) is 71.6 Å². The van der Waals surface area contributed by atoms with Gasteiger partial charge in [0.05, 0.1) is 0 Å². The fourth-order valence-corrected chi connectivity index (χ4v) is 4.29. The van der Waals surface area contributed by atoms with Gasteiger partial charge in [-0.25, -0.2) is 4.89 Å². The van der Waals surface area contributed by atoms with Crippen LogP contribution in [0.3, 0.4) is 0 Å². The Labute approximate surface area is 187 Å². The Morgan fingerprint density at radius 1 is 0.812 bits per heavy atom. The highest BCUT2D eigenvalue weighted by Crippen LogP contribution is 2.31. The van der Waals surface area contributed by atoms with E-state index in [1.807, 2.05) is 36.4 Å². The number of hydrogen-bond acceptors (Lipinski definition) is 6. The maximum absolute atomic E-state index is 8.55. The third kappa shape index (κ3) is 4.42. The quantitative estimate of drug-likeness (QED) is 0.311. The van der Waals surface area contributed by atoms with Crippen LogP contribution in [0.5, 0.6) is 0 Å². The van der Waals surface area contributed by atoms with E-state index in [4.69, 9.17) is 9.67 Å². The van der Waals surface area contributed by atoms with Gasteiger partial charge in [0.25, 0.3) is 0 Å². The van der Waals surface area contributed by atoms with Gasteiger partial charge in [-0.05, 0) is 66.3 Å². The number of benzene rings is 3. The Kier molecular flexibility index (Phi) is 5.96.